The number of rotatable bonds is 2. The number of aliphatic imine (C=N–C) groups is 1. The van der Waals surface area contributed by atoms with Crippen LogP contribution in [-0.2, 0) is 11.0 Å². The molecule has 25 heavy (non-hydrogen) atoms. The van der Waals surface area contributed by atoms with Crippen LogP contribution in [0.15, 0.2) is 57.9 Å². The Hall–Kier alpha value is -2.96. The molecule has 3 aromatic rings. The Morgan fingerprint density at radius 3 is 2.36 bits per heavy atom. The van der Waals surface area contributed by atoms with Gasteiger partial charge in [-0.2, -0.15) is 13.2 Å². The molecule has 1 aromatic heterocycles. The van der Waals surface area contributed by atoms with E-state index >= 15 is 0 Å². The molecular formula is C18H11F4NO2. The van der Waals surface area contributed by atoms with Crippen molar-refractivity contribution >= 4 is 22.6 Å². The van der Waals surface area contributed by atoms with Gasteiger partial charge in [0.05, 0.1) is 11.3 Å². The number of amides is 1. The van der Waals surface area contributed by atoms with Crippen LogP contribution in [0.25, 0.3) is 11.0 Å². The molecule has 0 bridgehead atoms. The van der Waals surface area contributed by atoms with Gasteiger partial charge in [-0.25, -0.2) is 9.38 Å². The highest BCUT2D eigenvalue weighted by Gasteiger charge is 2.40. The number of halogens is 4. The van der Waals surface area contributed by atoms with E-state index in [0.29, 0.717) is 5.56 Å². The fourth-order valence-corrected chi connectivity index (χ4v) is 2.52. The maximum absolute atomic E-state index is 13.5. The molecule has 0 saturated carbocycles. The Labute approximate surface area is 139 Å². The number of benzene rings is 2. The second kappa shape index (κ2) is 6.16. The molecule has 7 heteroatoms. The van der Waals surface area contributed by atoms with Crippen molar-refractivity contribution < 1.29 is 26.8 Å². The first kappa shape index (κ1) is 16.9. The van der Waals surface area contributed by atoms with Gasteiger partial charge in [0, 0.05) is 23.9 Å². The van der Waals surface area contributed by atoms with E-state index in [9.17, 15) is 22.4 Å². The van der Waals surface area contributed by atoms with Crippen molar-refractivity contribution in [2.24, 2.45) is 4.99 Å². The summed E-state index contributed by atoms with van der Waals surface area (Å²) in [5, 5.41) is 0.0255. The Morgan fingerprint density at radius 2 is 1.76 bits per heavy atom. The molecule has 0 saturated heterocycles. The highest BCUT2D eigenvalue weighted by Crippen LogP contribution is 2.39. The minimum absolute atomic E-state index is 0.0255. The van der Waals surface area contributed by atoms with E-state index in [0.717, 1.165) is 19.1 Å². The van der Waals surface area contributed by atoms with Gasteiger partial charge < -0.3 is 4.42 Å². The van der Waals surface area contributed by atoms with Crippen LogP contribution >= 0.6 is 0 Å². The fraction of sp³-hybridized carbons (Fsp3) is 0.111. The van der Waals surface area contributed by atoms with Gasteiger partial charge >= 0.3 is 6.18 Å². The predicted octanol–water partition coefficient (Wildman–Crippen LogP) is 4.97. The van der Waals surface area contributed by atoms with Crippen molar-refractivity contribution in [1.82, 2.24) is 0 Å². The lowest BCUT2D eigenvalue weighted by molar-refractivity contribution is -0.152. The van der Waals surface area contributed by atoms with Crippen molar-refractivity contribution in [2.45, 2.75) is 13.1 Å². The highest BCUT2D eigenvalue weighted by atomic mass is 19.4. The quantitative estimate of drug-likeness (QED) is 0.484. The van der Waals surface area contributed by atoms with Crippen molar-refractivity contribution in [3.63, 3.8) is 0 Å². The molecule has 0 fully saturated rings. The minimum atomic E-state index is -4.84. The summed E-state index contributed by atoms with van der Waals surface area (Å²) in [7, 11) is 0. The van der Waals surface area contributed by atoms with Crippen molar-refractivity contribution in [1.29, 1.82) is 0 Å². The molecule has 128 valence electrons. The smallest absolute Gasteiger partial charge is 0.450 e. The molecule has 0 aliphatic carbocycles. The Bertz CT molecular complexity index is 972. The number of nitrogens with zero attached hydrogens (tertiary/aromatic N) is 1. The number of hydrogen-bond donors (Lipinski definition) is 0. The van der Waals surface area contributed by atoms with Gasteiger partial charge in [0.15, 0.2) is 0 Å². The van der Waals surface area contributed by atoms with E-state index in [2.05, 4.69) is 4.99 Å². The van der Waals surface area contributed by atoms with Gasteiger partial charge in [-0.05, 0) is 12.1 Å². The van der Waals surface area contributed by atoms with Gasteiger partial charge in [0.2, 0.25) is 11.7 Å². The minimum Gasteiger partial charge on any atom is -0.451 e. The van der Waals surface area contributed by atoms with Crippen LogP contribution in [0.3, 0.4) is 0 Å². The van der Waals surface area contributed by atoms with Crippen LogP contribution < -0.4 is 0 Å². The largest absolute Gasteiger partial charge is 0.451 e. The molecule has 0 aliphatic rings. The molecule has 3 nitrogen and oxygen atoms in total. The Morgan fingerprint density at radius 1 is 1.08 bits per heavy atom. The molecular weight excluding hydrogens is 338 g/mol. The summed E-state index contributed by atoms with van der Waals surface area (Å²) < 4.78 is 58.7. The number of fused-ring (bicyclic) bond motifs is 1. The highest BCUT2D eigenvalue weighted by molar-refractivity contribution is 6.22. The zero-order valence-electron chi connectivity index (χ0n) is 12.9. The molecule has 0 radical (unpaired) electrons. The van der Waals surface area contributed by atoms with Gasteiger partial charge in [-0.15, -0.1) is 0 Å². The Kier molecular flexibility index (Phi) is 4.16. The first-order valence-corrected chi connectivity index (χ1v) is 7.21. The summed E-state index contributed by atoms with van der Waals surface area (Å²) >= 11 is 0. The number of carbonyl (C=O) groups is 1. The molecule has 0 aliphatic heterocycles. The maximum Gasteiger partial charge on any atom is 0.450 e. The zero-order chi connectivity index (χ0) is 18.2. The summed E-state index contributed by atoms with van der Waals surface area (Å²) in [4.78, 5) is 15.3. The van der Waals surface area contributed by atoms with E-state index < -0.39 is 23.7 Å². The molecule has 0 spiro atoms. The van der Waals surface area contributed by atoms with Crippen LogP contribution in [0, 0.1) is 5.82 Å². The SMILES string of the molecule is CC(=O)N=C(c1ccccc1)c1c(C(F)(F)F)oc2cc(F)ccc12. The van der Waals surface area contributed by atoms with Crippen molar-refractivity contribution in [3.8, 4) is 0 Å². The van der Waals surface area contributed by atoms with Crippen LogP contribution in [-0.4, -0.2) is 11.6 Å². The van der Waals surface area contributed by atoms with Gasteiger partial charge in [0.25, 0.3) is 0 Å². The monoisotopic (exact) mass is 349 g/mol. The molecule has 1 heterocycles. The topological polar surface area (TPSA) is 42.6 Å². The lowest BCUT2D eigenvalue weighted by atomic mass is 9.98. The van der Waals surface area contributed by atoms with Gasteiger partial charge in [-0.1, -0.05) is 30.3 Å². The number of hydrogen-bond acceptors (Lipinski definition) is 2. The summed E-state index contributed by atoms with van der Waals surface area (Å²) in [6, 6.07) is 11.0. The summed E-state index contributed by atoms with van der Waals surface area (Å²) in [5.74, 6) is -2.72. The molecule has 0 atom stereocenters. The van der Waals surface area contributed by atoms with Crippen LogP contribution in [0.5, 0.6) is 0 Å². The lowest BCUT2D eigenvalue weighted by Gasteiger charge is -2.09. The predicted molar refractivity (Wildman–Crippen MR) is 83.9 cm³/mol. The van der Waals surface area contributed by atoms with E-state index in [1.165, 1.54) is 18.2 Å². The first-order valence-electron chi connectivity index (χ1n) is 7.21. The zero-order valence-corrected chi connectivity index (χ0v) is 12.9. The van der Waals surface area contributed by atoms with Crippen LogP contribution in [0.1, 0.15) is 23.8 Å². The van der Waals surface area contributed by atoms with Crippen LogP contribution in [0.2, 0.25) is 0 Å². The fourth-order valence-electron chi connectivity index (χ4n) is 2.52. The van der Waals surface area contributed by atoms with Crippen molar-refractivity contribution in [3.05, 3.63) is 71.2 Å². The van der Waals surface area contributed by atoms with Gasteiger partial charge in [0.1, 0.15) is 11.4 Å². The van der Waals surface area contributed by atoms with Crippen molar-refractivity contribution in [2.75, 3.05) is 0 Å². The normalized spacial score (nSPS) is 12.6. The average molecular weight is 349 g/mol. The van der Waals surface area contributed by atoms with E-state index in [4.69, 9.17) is 4.42 Å². The standard InChI is InChI=1S/C18H11F4NO2/c1-10(24)23-16(11-5-3-2-4-6-11)15-13-8-7-12(19)9-14(13)25-17(15)18(20,21)22/h2-9H,1H3. The molecule has 1 amide bonds. The number of alkyl halides is 3. The maximum atomic E-state index is 13.5. The van der Waals surface area contributed by atoms with E-state index in [1.807, 2.05) is 0 Å². The summed E-state index contributed by atoms with van der Waals surface area (Å²) in [5.41, 5.74) is -0.514. The molecule has 0 unspecified atom stereocenters. The number of carbonyl (C=O) groups excluding carboxylic acids is 1. The second-order valence-corrected chi connectivity index (χ2v) is 5.29. The summed E-state index contributed by atoms with van der Waals surface area (Å²) in [6.07, 6.45) is -4.84. The third-order valence-electron chi connectivity index (χ3n) is 3.46. The lowest BCUT2D eigenvalue weighted by Crippen LogP contribution is -2.13. The second-order valence-electron chi connectivity index (χ2n) is 5.29. The first-order chi connectivity index (χ1) is 11.8. The van der Waals surface area contributed by atoms with Crippen LogP contribution in [0.4, 0.5) is 17.6 Å². The number of furan rings is 1. The average Bonchev–Trinajstić information content (AvgIpc) is 2.92. The molecule has 2 aromatic carbocycles. The third kappa shape index (κ3) is 3.31. The van der Waals surface area contributed by atoms with E-state index in [-0.39, 0.29) is 22.2 Å². The Balaban J connectivity index is 2.40. The van der Waals surface area contributed by atoms with Gasteiger partial charge in [-0.3, -0.25) is 4.79 Å². The molecule has 3 rings (SSSR count). The summed E-state index contributed by atoms with van der Waals surface area (Å²) in [6.45, 7) is 1.14. The molecule has 0 N–H and O–H groups in total. The van der Waals surface area contributed by atoms with E-state index in [1.54, 1.807) is 18.2 Å². The third-order valence-corrected chi connectivity index (χ3v) is 3.46.